The Kier molecular flexibility index (Phi) is 4.59. The van der Waals surface area contributed by atoms with Gasteiger partial charge >= 0.3 is 0 Å². The Bertz CT molecular complexity index is 913. The Balaban J connectivity index is 1.81. The minimum Gasteiger partial charge on any atom is -0.496 e. The second-order valence-electron chi connectivity index (χ2n) is 7.04. The monoisotopic (exact) mass is 352 g/mol. The maximum Gasteiger partial charge on any atom is 0.197 e. The molecule has 3 aromatic rings. The second-order valence-corrected chi connectivity index (χ2v) is 7.04. The van der Waals surface area contributed by atoms with Crippen molar-refractivity contribution in [2.24, 2.45) is 0 Å². The lowest BCUT2D eigenvalue weighted by Crippen LogP contribution is -2.20. The number of imidazole rings is 1. The number of nitrogens with zero attached hydrogens (tertiary/aromatic N) is 4. The van der Waals surface area contributed by atoms with Gasteiger partial charge in [-0.2, -0.15) is 0 Å². The van der Waals surface area contributed by atoms with Gasteiger partial charge in [-0.05, 0) is 36.5 Å². The molecular weight excluding hydrogens is 328 g/mol. The Labute approximate surface area is 153 Å². The van der Waals surface area contributed by atoms with Crippen molar-refractivity contribution in [2.45, 2.75) is 38.6 Å². The number of methoxy groups -OCH3 is 1. The first-order valence-corrected chi connectivity index (χ1v) is 9.13. The Hall–Kier alpha value is -2.47. The number of aromatic nitrogens is 4. The molecule has 0 aliphatic carbocycles. The average molecular weight is 352 g/mol. The molecule has 6 nitrogen and oxygen atoms in total. The molecule has 1 saturated heterocycles. The number of rotatable bonds is 4. The first kappa shape index (κ1) is 17.0. The van der Waals surface area contributed by atoms with Crippen LogP contribution >= 0.6 is 0 Å². The SMILES string of the molecule is COc1ccc(C(C)C)cc1-c1cnc2ncn(C3CCCOC3)c2n1. The molecule has 0 bridgehead atoms. The Morgan fingerprint density at radius 2 is 2.15 bits per heavy atom. The highest BCUT2D eigenvalue weighted by atomic mass is 16.5. The standard InChI is InChI=1S/C20H24N4O2/c1-13(2)14-6-7-18(25-3)16(9-14)17-10-21-19-20(23-17)24(12-22-19)15-5-4-8-26-11-15/h6-7,9-10,12-13,15H,4-5,8,11H2,1-3H3. The molecule has 1 aliphatic rings. The van der Waals surface area contributed by atoms with Crippen LogP contribution < -0.4 is 4.74 Å². The van der Waals surface area contributed by atoms with E-state index >= 15 is 0 Å². The zero-order valence-electron chi connectivity index (χ0n) is 15.5. The maximum atomic E-state index is 5.63. The van der Waals surface area contributed by atoms with E-state index in [2.05, 4.69) is 40.5 Å². The lowest BCUT2D eigenvalue weighted by molar-refractivity contribution is 0.0603. The lowest BCUT2D eigenvalue weighted by atomic mass is 9.99. The molecule has 2 aromatic heterocycles. The molecule has 6 heteroatoms. The minimum absolute atomic E-state index is 0.266. The maximum absolute atomic E-state index is 5.63. The summed E-state index contributed by atoms with van der Waals surface area (Å²) in [6.07, 6.45) is 5.74. The van der Waals surface area contributed by atoms with E-state index in [1.807, 2.05) is 12.4 Å². The van der Waals surface area contributed by atoms with E-state index in [9.17, 15) is 0 Å². The number of ether oxygens (including phenoxy) is 2. The molecule has 0 N–H and O–H groups in total. The van der Waals surface area contributed by atoms with Gasteiger partial charge in [0.05, 0.1) is 38.0 Å². The molecule has 1 aliphatic heterocycles. The Morgan fingerprint density at radius 3 is 2.88 bits per heavy atom. The summed E-state index contributed by atoms with van der Waals surface area (Å²) in [4.78, 5) is 13.8. The molecule has 0 radical (unpaired) electrons. The third-order valence-electron chi connectivity index (χ3n) is 4.98. The third kappa shape index (κ3) is 3.05. The van der Waals surface area contributed by atoms with Crippen LogP contribution in [0.3, 0.4) is 0 Å². The molecular formula is C20H24N4O2. The lowest BCUT2D eigenvalue weighted by Gasteiger charge is -2.23. The highest BCUT2D eigenvalue weighted by molar-refractivity contribution is 5.74. The summed E-state index contributed by atoms with van der Waals surface area (Å²) in [5, 5.41) is 0. The molecule has 1 aromatic carbocycles. The van der Waals surface area contributed by atoms with E-state index in [0.29, 0.717) is 18.2 Å². The predicted molar refractivity (Wildman–Crippen MR) is 100 cm³/mol. The summed E-state index contributed by atoms with van der Waals surface area (Å²) in [5.74, 6) is 1.23. The van der Waals surface area contributed by atoms with Crippen molar-refractivity contribution in [3.05, 3.63) is 36.3 Å². The summed E-state index contributed by atoms with van der Waals surface area (Å²) in [6, 6.07) is 6.51. The van der Waals surface area contributed by atoms with E-state index in [1.54, 1.807) is 13.3 Å². The van der Waals surface area contributed by atoms with Crippen molar-refractivity contribution < 1.29 is 9.47 Å². The van der Waals surface area contributed by atoms with Crippen LogP contribution in [0.25, 0.3) is 22.6 Å². The number of hydrogen-bond donors (Lipinski definition) is 0. The van der Waals surface area contributed by atoms with Gasteiger partial charge in [0, 0.05) is 12.2 Å². The first-order valence-electron chi connectivity index (χ1n) is 9.13. The van der Waals surface area contributed by atoms with Gasteiger partial charge in [-0.3, -0.25) is 0 Å². The molecule has 0 amide bonds. The molecule has 4 rings (SSSR count). The fourth-order valence-electron chi connectivity index (χ4n) is 3.43. The normalized spacial score (nSPS) is 17.8. The largest absolute Gasteiger partial charge is 0.496 e. The molecule has 3 heterocycles. The van der Waals surface area contributed by atoms with Crippen LogP contribution in [-0.2, 0) is 4.74 Å². The number of benzene rings is 1. The van der Waals surface area contributed by atoms with Gasteiger partial charge in [0.2, 0.25) is 0 Å². The second kappa shape index (κ2) is 7.03. The van der Waals surface area contributed by atoms with Crippen LogP contribution in [0.2, 0.25) is 0 Å². The number of fused-ring (bicyclic) bond motifs is 1. The highest BCUT2D eigenvalue weighted by Gasteiger charge is 2.20. The van der Waals surface area contributed by atoms with Crippen molar-refractivity contribution in [3.8, 4) is 17.0 Å². The van der Waals surface area contributed by atoms with Gasteiger partial charge in [-0.1, -0.05) is 19.9 Å². The molecule has 1 unspecified atom stereocenters. The first-order chi connectivity index (χ1) is 12.7. The third-order valence-corrected chi connectivity index (χ3v) is 4.98. The highest BCUT2D eigenvalue weighted by Crippen LogP contribution is 2.32. The van der Waals surface area contributed by atoms with E-state index in [1.165, 1.54) is 5.56 Å². The minimum atomic E-state index is 0.266. The summed E-state index contributed by atoms with van der Waals surface area (Å²) < 4.78 is 13.3. The van der Waals surface area contributed by atoms with Gasteiger partial charge in [-0.15, -0.1) is 0 Å². The number of hydrogen-bond acceptors (Lipinski definition) is 5. The average Bonchev–Trinajstić information content (AvgIpc) is 3.11. The smallest absolute Gasteiger partial charge is 0.197 e. The fourth-order valence-corrected chi connectivity index (χ4v) is 3.43. The summed E-state index contributed by atoms with van der Waals surface area (Å²) >= 11 is 0. The molecule has 1 atom stereocenters. The molecule has 136 valence electrons. The van der Waals surface area contributed by atoms with Gasteiger partial charge in [0.1, 0.15) is 5.75 Å². The molecule has 0 spiro atoms. The van der Waals surface area contributed by atoms with Crippen LogP contribution in [-0.4, -0.2) is 39.8 Å². The van der Waals surface area contributed by atoms with E-state index in [0.717, 1.165) is 42.1 Å². The predicted octanol–water partition coefficient (Wildman–Crippen LogP) is 3.98. The van der Waals surface area contributed by atoms with E-state index < -0.39 is 0 Å². The summed E-state index contributed by atoms with van der Waals surface area (Å²) in [6.45, 7) is 5.89. The quantitative estimate of drug-likeness (QED) is 0.711. The van der Waals surface area contributed by atoms with Crippen LogP contribution in [0.5, 0.6) is 5.75 Å². The Morgan fingerprint density at radius 1 is 1.27 bits per heavy atom. The topological polar surface area (TPSA) is 62.1 Å². The fraction of sp³-hybridized carbons (Fsp3) is 0.450. The van der Waals surface area contributed by atoms with Crippen LogP contribution in [0.15, 0.2) is 30.7 Å². The summed E-state index contributed by atoms with van der Waals surface area (Å²) in [5.41, 5.74) is 4.47. The van der Waals surface area contributed by atoms with Crippen molar-refractivity contribution in [1.82, 2.24) is 19.5 Å². The van der Waals surface area contributed by atoms with Crippen molar-refractivity contribution in [1.29, 1.82) is 0 Å². The van der Waals surface area contributed by atoms with E-state index in [4.69, 9.17) is 14.5 Å². The summed E-state index contributed by atoms with van der Waals surface area (Å²) in [7, 11) is 1.68. The zero-order valence-corrected chi connectivity index (χ0v) is 15.5. The van der Waals surface area contributed by atoms with Gasteiger partial charge < -0.3 is 14.0 Å². The van der Waals surface area contributed by atoms with Crippen molar-refractivity contribution >= 4 is 11.3 Å². The van der Waals surface area contributed by atoms with Crippen LogP contribution in [0.4, 0.5) is 0 Å². The van der Waals surface area contributed by atoms with Crippen molar-refractivity contribution in [3.63, 3.8) is 0 Å². The molecule has 26 heavy (non-hydrogen) atoms. The van der Waals surface area contributed by atoms with Gasteiger partial charge in [0.15, 0.2) is 11.3 Å². The van der Waals surface area contributed by atoms with Gasteiger partial charge in [0.25, 0.3) is 0 Å². The molecule has 1 fully saturated rings. The zero-order chi connectivity index (χ0) is 18.1. The van der Waals surface area contributed by atoms with Gasteiger partial charge in [-0.25, -0.2) is 15.0 Å². The van der Waals surface area contributed by atoms with Crippen molar-refractivity contribution in [2.75, 3.05) is 20.3 Å². The van der Waals surface area contributed by atoms with E-state index in [-0.39, 0.29) is 6.04 Å². The van der Waals surface area contributed by atoms with Crippen LogP contribution in [0.1, 0.15) is 44.2 Å². The van der Waals surface area contributed by atoms with Crippen LogP contribution in [0, 0.1) is 0 Å². The molecule has 0 saturated carbocycles.